The second-order valence-corrected chi connectivity index (χ2v) is 12.8. The van der Waals surface area contributed by atoms with Crippen LogP contribution in [0.1, 0.15) is 104 Å². The molecular formula is C32H46O3. The first-order valence-corrected chi connectivity index (χ1v) is 14.3. The minimum atomic E-state index is -1.07. The fourth-order valence-electron chi connectivity index (χ4n) is 9.37. The smallest absolute Gasteiger partial charge is 0.169 e. The third-order valence-electron chi connectivity index (χ3n) is 11.7. The molecule has 35 heavy (non-hydrogen) atoms. The zero-order valence-electron chi connectivity index (χ0n) is 22.7. The molecule has 0 amide bonds. The zero-order valence-corrected chi connectivity index (χ0v) is 22.7. The SMILES string of the molecule is CCc1ccc(CO[C@@]2(O)CC[C@@]3(C)C(=CCC4C3CC[C@@]3(C)C4CC[C@]3(CC)C(C)=O)C2)cc1. The van der Waals surface area contributed by atoms with Gasteiger partial charge in [0, 0.05) is 18.3 Å². The number of hydrogen-bond donors (Lipinski definition) is 1. The molecule has 3 unspecified atom stereocenters. The average Bonchev–Trinajstić information content (AvgIpc) is 3.17. The Kier molecular flexibility index (Phi) is 6.37. The van der Waals surface area contributed by atoms with Crippen molar-refractivity contribution in [1.29, 1.82) is 0 Å². The van der Waals surface area contributed by atoms with Crippen LogP contribution in [-0.4, -0.2) is 16.7 Å². The predicted octanol–water partition coefficient (Wildman–Crippen LogP) is 7.40. The molecule has 5 rings (SSSR count). The lowest BCUT2D eigenvalue weighted by molar-refractivity contribution is -0.231. The van der Waals surface area contributed by atoms with Crippen LogP contribution in [0, 0.1) is 34.0 Å². The minimum Gasteiger partial charge on any atom is -0.365 e. The summed E-state index contributed by atoms with van der Waals surface area (Å²) in [4.78, 5) is 12.9. The van der Waals surface area contributed by atoms with E-state index in [9.17, 15) is 9.90 Å². The molecule has 1 aromatic carbocycles. The third kappa shape index (κ3) is 3.79. The summed E-state index contributed by atoms with van der Waals surface area (Å²) in [6.45, 7) is 11.6. The van der Waals surface area contributed by atoms with Crippen molar-refractivity contribution in [3.8, 4) is 0 Å². The fraction of sp³-hybridized carbons (Fsp3) is 0.719. The van der Waals surface area contributed by atoms with Gasteiger partial charge < -0.3 is 9.84 Å². The molecule has 4 aliphatic rings. The van der Waals surface area contributed by atoms with Crippen molar-refractivity contribution in [3.63, 3.8) is 0 Å². The standard InChI is InChI=1S/C32H46O3/c1-6-23-8-10-24(11-9-23)21-35-32(34)19-18-29(4)25(20-32)12-13-26-27(29)14-16-30(5)28(26)15-17-31(30,7-2)22(3)33/h8-12,26-28,34H,6-7,13-21H2,1-5H3/t26?,27?,28?,29-,30-,31+,32-/m0/s1. The Morgan fingerprint density at radius 1 is 1.00 bits per heavy atom. The highest BCUT2D eigenvalue weighted by Crippen LogP contribution is 2.70. The molecule has 3 saturated carbocycles. The van der Waals surface area contributed by atoms with Crippen LogP contribution in [0.3, 0.4) is 0 Å². The van der Waals surface area contributed by atoms with Crippen molar-refractivity contribution in [3.05, 3.63) is 47.0 Å². The van der Waals surface area contributed by atoms with Crippen LogP contribution < -0.4 is 0 Å². The van der Waals surface area contributed by atoms with Gasteiger partial charge in [-0.3, -0.25) is 4.79 Å². The molecule has 0 heterocycles. The molecule has 3 heteroatoms. The van der Waals surface area contributed by atoms with E-state index in [1.165, 1.54) is 30.4 Å². The zero-order chi connectivity index (χ0) is 25.1. The van der Waals surface area contributed by atoms with Crippen LogP contribution in [0.15, 0.2) is 35.9 Å². The summed E-state index contributed by atoms with van der Waals surface area (Å²) in [5, 5.41) is 11.4. The lowest BCUT2D eigenvalue weighted by Gasteiger charge is -2.60. The molecule has 0 spiro atoms. The van der Waals surface area contributed by atoms with Gasteiger partial charge in [0.05, 0.1) is 6.61 Å². The molecular weight excluding hydrogens is 432 g/mol. The highest BCUT2D eigenvalue weighted by molar-refractivity contribution is 5.83. The normalized spacial score (nSPS) is 42.6. The first-order valence-electron chi connectivity index (χ1n) is 14.3. The molecule has 1 N–H and O–H groups in total. The molecule has 3 fully saturated rings. The van der Waals surface area contributed by atoms with E-state index in [1.807, 2.05) is 6.92 Å². The van der Waals surface area contributed by atoms with Crippen molar-refractivity contribution < 1.29 is 14.6 Å². The topological polar surface area (TPSA) is 46.5 Å². The van der Waals surface area contributed by atoms with Crippen molar-refractivity contribution in [2.24, 2.45) is 34.0 Å². The average molecular weight is 479 g/mol. The molecule has 7 atom stereocenters. The molecule has 0 aliphatic heterocycles. The number of aryl methyl sites for hydroxylation is 1. The summed E-state index contributed by atoms with van der Waals surface area (Å²) in [5.41, 5.74) is 4.04. The molecule has 0 bridgehead atoms. The van der Waals surface area contributed by atoms with Gasteiger partial charge in [0.2, 0.25) is 0 Å². The lowest BCUT2D eigenvalue weighted by atomic mass is 9.45. The second-order valence-electron chi connectivity index (χ2n) is 12.8. The highest BCUT2D eigenvalue weighted by atomic mass is 16.6. The Morgan fingerprint density at radius 2 is 1.69 bits per heavy atom. The van der Waals surface area contributed by atoms with Gasteiger partial charge in [-0.15, -0.1) is 0 Å². The predicted molar refractivity (Wildman–Crippen MR) is 141 cm³/mol. The molecule has 192 valence electrons. The van der Waals surface area contributed by atoms with Crippen molar-refractivity contribution in [1.82, 2.24) is 0 Å². The van der Waals surface area contributed by atoms with E-state index in [0.717, 1.165) is 37.7 Å². The van der Waals surface area contributed by atoms with E-state index in [4.69, 9.17) is 4.74 Å². The molecule has 4 aliphatic carbocycles. The largest absolute Gasteiger partial charge is 0.365 e. The van der Waals surface area contributed by atoms with E-state index < -0.39 is 5.79 Å². The molecule has 0 radical (unpaired) electrons. The Morgan fingerprint density at radius 3 is 2.34 bits per heavy atom. The highest BCUT2D eigenvalue weighted by Gasteiger charge is 2.65. The van der Waals surface area contributed by atoms with Gasteiger partial charge >= 0.3 is 0 Å². The van der Waals surface area contributed by atoms with Crippen molar-refractivity contribution in [2.75, 3.05) is 0 Å². The van der Waals surface area contributed by atoms with Gasteiger partial charge in [0.1, 0.15) is 5.78 Å². The first kappa shape index (κ1) is 25.2. The quantitative estimate of drug-likeness (QED) is 0.342. The van der Waals surface area contributed by atoms with Gasteiger partial charge in [-0.1, -0.05) is 63.6 Å². The second kappa shape index (κ2) is 8.84. The van der Waals surface area contributed by atoms with E-state index in [0.29, 0.717) is 43.0 Å². The van der Waals surface area contributed by atoms with Gasteiger partial charge in [-0.2, -0.15) is 0 Å². The number of hydrogen-bond acceptors (Lipinski definition) is 3. The first-order chi connectivity index (χ1) is 16.6. The number of ether oxygens (including phenoxy) is 1. The summed E-state index contributed by atoms with van der Waals surface area (Å²) in [6.07, 6.45) is 12.6. The van der Waals surface area contributed by atoms with Crippen LogP contribution in [0.2, 0.25) is 0 Å². The molecule has 0 saturated heterocycles. The van der Waals surface area contributed by atoms with Crippen LogP contribution in [0.4, 0.5) is 0 Å². The molecule has 3 nitrogen and oxygen atoms in total. The van der Waals surface area contributed by atoms with Gasteiger partial charge in [0.25, 0.3) is 0 Å². The number of Topliss-reactive ketones (excluding diaryl/α,β-unsaturated/α-hetero) is 1. The Hall–Kier alpha value is -1.45. The Balaban J connectivity index is 1.33. The van der Waals surface area contributed by atoms with E-state index in [1.54, 1.807) is 0 Å². The van der Waals surface area contributed by atoms with Crippen LogP contribution in [0.5, 0.6) is 0 Å². The number of carbonyl (C=O) groups excluding carboxylic acids is 1. The van der Waals surface area contributed by atoms with Gasteiger partial charge in [-0.25, -0.2) is 0 Å². The summed E-state index contributed by atoms with van der Waals surface area (Å²) in [5.74, 6) is 1.32. The maximum absolute atomic E-state index is 12.9. The van der Waals surface area contributed by atoms with Crippen molar-refractivity contribution >= 4 is 5.78 Å². The number of carbonyl (C=O) groups is 1. The molecule has 1 aromatic rings. The number of fused-ring (bicyclic) bond motifs is 5. The van der Waals surface area contributed by atoms with Crippen LogP contribution in [-0.2, 0) is 22.6 Å². The summed E-state index contributed by atoms with van der Waals surface area (Å²) < 4.78 is 6.19. The number of rotatable bonds is 6. The number of aliphatic hydroxyl groups is 1. The Labute approximate surface area is 212 Å². The van der Waals surface area contributed by atoms with Crippen LogP contribution in [0.25, 0.3) is 0 Å². The number of allylic oxidation sites excluding steroid dienone is 1. The Bertz CT molecular complexity index is 995. The van der Waals surface area contributed by atoms with Gasteiger partial charge in [-0.05, 0) is 98.0 Å². The summed E-state index contributed by atoms with van der Waals surface area (Å²) in [6, 6.07) is 8.56. The monoisotopic (exact) mass is 478 g/mol. The fourth-order valence-corrected chi connectivity index (χ4v) is 9.37. The summed E-state index contributed by atoms with van der Waals surface area (Å²) in [7, 11) is 0. The van der Waals surface area contributed by atoms with E-state index >= 15 is 0 Å². The lowest BCUT2D eigenvalue weighted by Crippen LogP contribution is -2.55. The van der Waals surface area contributed by atoms with E-state index in [-0.39, 0.29) is 16.2 Å². The number of ketones is 1. The minimum absolute atomic E-state index is 0.122. The van der Waals surface area contributed by atoms with E-state index in [2.05, 4.69) is 58.0 Å². The third-order valence-corrected chi connectivity index (χ3v) is 11.7. The maximum atomic E-state index is 12.9. The van der Waals surface area contributed by atoms with Crippen LogP contribution >= 0.6 is 0 Å². The number of benzene rings is 1. The molecule has 0 aromatic heterocycles. The summed E-state index contributed by atoms with van der Waals surface area (Å²) >= 11 is 0. The van der Waals surface area contributed by atoms with Gasteiger partial charge in [0.15, 0.2) is 5.79 Å². The van der Waals surface area contributed by atoms with Crippen molar-refractivity contribution in [2.45, 2.75) is 111 Å². The maximum Gasteiger partial charge on any atom is 0.169 e.